The summed E-state index contributed by atoms with van der Waals surface area (Å²) >= 11 is 0. The van der Waals surface area contributed by atoms with E-state index in [2.05, 4.69) is 15.1 Å². The van der Waals surface area contributed by atoms with Crippen LogP contribution in [-0.4, -0.2) is 45.3 Å². The zero-order chi connectivity index (χ0) is 25.9. The van der Waals surface area contributed by atoms with Gasteiger partial charge in [-0.2, -0.15) is 18.3 Å². The van der Waals surface area contributed by atoms with Gasteiger partial charge in [0.1, 0.15) is 11.6 Å². The van der Waals surface area contributed by atoms with Crippen molar-refractivity contribution in [1.82, 2.24) is 19.7 Å². The Bertz CT molecular complexity index is 1360. The zero-order valence-electron chi connectivity index (χ0n) is 20.1. The van der Waals surface area contributed by atoms with Crippen molar-refractivity contribution in [3.05, 3.63) is 59.0 Å². The number of fused-ring (bicyclic) bond motifs is 2. The number of amides is 1. The average molecular weight is 513 g/mol. The van der Waals surface area contributed by atoms with Gasteiger partial charge >= 0.3 is 6.18 Å². The zero-order valence-corrected chi connectivity index (χ0v) is 20.1. The molecule has 1 atom stereocenters. The van der Waals surface area contributed by atoms with Crippen LogP contribution in [0.15, 0.2) is 36.7 Å². The molecule has 2 aromatic heterocycles. The minimum absolute atomic E-state index is 0.0593. The summed E-state index contributed by atoms with van der Waals surface area (Å²) in [7, 11) is 0. The van der Waals surface area contributed by atoms with Crippen LogP contribution in [0, 0.1) is 5.41 Å². The maximum absolute atomic E-state index is 13.2. The molecule has 4 heterocycles. The number of carbonyl (C=O) groups excluding carboxylic acids is 1. The lowest BCUT2D eigenvalue weighted by atomic mass is 9.73. The molecule has 0 saturated carbocycles. The highest BCUT2D eigenvalue weighted by atomic mass is 19.4. The molecule has 3 aliphatic rings. The van der Waals surface area contributed by atoms with Gasteiger partial charge in [0.05, 0.1) is 18.0 Å². The number of nitrogens with zero attached hydrogens (tertiary/aromatic N) is 6. The molecular weight excluding hydrogens is 485 g/mol. The number of nitrogens with two attached hydrogens (primary N) is 2. The van der Waals surface area contributed by atoms with Crippen LogP contribution in [0.3, 0.4) is 0 Å². The molecule has 194 valence electrons. The Balaban J connectivity index is 1.16. The van der Waals surface area contributed by atoms with E-state index >= 15 is 0 Å². The average Bonchev–Trinajstić information content (AvgIpc) is 3.46. The third kappa shape index (κ3) is 3.90. The number of hydrogen-bond acceptors (Lipinski definition) is 7. The molecule has 9 nitrogen and oxygen atoms in total. The van der Waals surface area contributed by atoms with Gasteiger partial charge in [0.15, 0.2) is 11.5 Å². The van der Waals surface area contributed by atoms with Gasteiger partial charge in [-0.1, -0.05) is 6.07 Å². The molecule has 0 bridgehead atoms. The molecule has 1 amide bonds. The summed E-state index contributed by atoms with van der Waals surface area (Å²) in [5, 5.41) is 4.23. The lowest BCUT2D eigenvalue weighted by molar-refractivity contribution is -0.137. The van der Waals surface area contributed by atoms with Crippen molar-refractivity contribution in [2.45, 2.75) is 44.4 Å². The smallest absolute Gasteiger partial charge is 0.382 e. The van der Waals surface area contributed by atoms with Gasteiger partial charge in [0.2, 0.25) is 0 Å². The normalized spacial score (nSPS) is 20.7. The van der Waals surface area contributed by atoms with Crippen LogP contribution >= 0.6 is 0 Å². The van der Waals surface area contributed by atoms with Crippen molar-refractivity contribution >= 4 is 23.4 Å². The molecule has 12 heteroatoms. The maximum atomic E-state index is 13.2. The number of anilines is 3. The first-order valence-electron chi connectivity index (χ1n) is 12.3. The van der Waals surface area contributed by atoms with Crippen LogP contribution in [0.4, 0.5) is 30.6 Å². The molecule has 6 rings (SSSR count). The Hall–Kier alpha value is -3.67. The summed E-state index contributed by atoms with van der Waals surface area (Å²) in [4.78, 5) is 25.7. The van der Waals surface area contributed by atoms with Crippen LogP contribution in [0.25, 0.3) is 0 Å². The molecule has 1 aromatic carbocycles. The second kappa shape index (κ2) is 8.44. The first-order chi connectivity index (χ1) is 17.7. The molecule has 0 radical (unpaired) electrons. The number of nitrogen functional groups attached to an aromatic ring is 1. The highest BCUT2D eigenvalue weighted by molar-refractivity contribution is 6.07. The molecule has 3 aromatic rings. The Morgan fingerprint density at radius 1 is 1.11 bits per heavy atom. The van der Waals surface area contributed by atoms with Crippen molar-refractivity contribution in [1.29, 1.82) is 0 Å². The Kier molecular flexibility index (Phi) is 5.41. The van der Waals surface area contributed by atoms with Crippen molar-refractivity contribution in [2.75, 3.05) is 35.2 Å². The van der Waals surface area contributed by atoms with Crippen molar-refractivity contribution in [3.8, 4) is 0 Å². The molecule has 1 spiro atoms. The highest BCUT2D eigenvalue weighted by Crippen LogP contribution is 2.51. The third-order valence-corrected chi connectivity index (χ3v) is 8.05. The quantitative estimate of drug-likeness (QED) is 0.541. The van der Waals surface area contributed by atoms with Crippen LogP contribution in [0.2, 0.25) is 0 Å². The Morgan fingerprint density at radius 2 is 1.89 bits per heavy atom. The lowest BCUT2D eigenvalue weighted by Crippen LogP contribution is -2.44. The summed E-state index contributed by atoms with van der Waals surface area (Å²) in [6.07, 6.45) is 1.66. The lowest BCUT2D eigenvalue weighted by Gasteiger charge is -2.42. The first-order valence-corrected chi connectivity index (χ1v) is 12.3. The number of aryl methyl sites for hydroxylation is 1. The molecule has 1 fully saturated rings. The third-order valence-electron chi connectivity index (χ3n) is 8.05. The van der Waals surface area contributed by atoms with E-state index in [1.165, 1.54) is 6.07 Å². The molecule has 2 aliphatic heterocycles. The summed E-state index contributed by atoms with van der Waals surface area (Å²) in [5.74, 6) is 1.02. The summed E-state index contributed by atoms with van der Waals surface area (Å²) < 4.78 is 41.5. The number of rotatable bonds is 2. The Morgan fingerprint density at radius 3 is 2.62 bits per heavy atom. The largest absolute Gasteiger partial charge is 0.416 e. The van der Waals surface area contributed by atoms with E-state index in [1.807, 2.05) is 4.90 Å². The Labute approximate surface area is 211 Å². The fraction of sp³-hybridized carbons (Fsp3) is 0.440. The predicted molar refractivity (Wildman–Crippen MR) is 131 cm³/mol. The van der Waals surface area contributed by atoms with Gasteiger partial charge in [-0.25, -0.2) is 14.6 Å². The first kappa shape index (κ1) is 23.7. The fourth-order valence-corrected chi connectivity index (χ4v) is 5.97. The number of alkyl halides is 3. The fourth-order valence-electron chi connectivity index (χ4n) is 5.97. The molecule has 1 aliphatic carbocycles. The van der Waals surface area contributed by atoms with Crippen LogP contribution in [0.1, 0.15) is 52.5 Å². The van der Waals surface area contributed by atoms with E-state index in [0.29, 0.717) is 56.1 Å². The topological polar surface area (TPSA) is 119 Å². The van der Waals surface area contributed by atoms with E-state index in [4.69, 9.17) is 11.5 Å². The summed E-state index contributed by atoms with van der Waals surface area (Å²) in [6.45, 7) is 2.52. The van der Waals surface area contributed by atoms with Crippen LogP contribution in [-0.2, 0) is 19.1 Å². The van der Waals surface area contributed by atoms with Gasteiger partial charge < -0.3 is 16.4 Å². The van der Waals surface area contributed by atoms with Gasteiger partial charge in [-0.3, -0.25) is 9.69 Å². The van der Waals surface area contributed by atoms with Gasteiger partial charge in [0.25, 0.3) is 5.91 Å². The number of halogens is 3. The predicted octanol–water partition coefficient (Wildman–Crippen LogP) is 3.17. The molecule has 1 unspecified atom stereocenters. The molecule has 1 saturated heterocycles. The number of aromatic nitrogens is 4. The van der Waals surface area contributed by atoms with Crippen molar-refractivity contribution in [3.63, 3.8) is 0 Å². The number of hydrogen-bond donors (Lipinski definition) is 2. The summed E-state index contributed by atoms with van der Waals surface area (Å²) in [6, 6.07) is 5.24. The standard InChI is InChI=1S/C25H27F3N8O/c26-25(27,28)16-3-2-15-13-24(21(29)17(15)12-16)5-10-34(11-6-24)18-14-31-20(22(30)33-18)23(37)35-8-1-9-36-19(35)4-7-32-36/h2-4,7,12,14,21H,1,5-6,8-11,13,29H2,(H2,30,33). The van der Waals surface area contributed by atoms with E-state index in [0.717, 1.165) is 24.6 Å². The number of carbonyl (C=O) groups is 1. The highest BCUT2D eigenvalue weighted by Gasteiger charge is 2.47. The van der Waals surface area contributed by atoms with E-state index in [9.17, 15) is 18.0 Å². The second-order valence-corrected chi connectivity index (χ2v) is 10.1. The van der Waals surface area contributed by atoms with Crippen LogP contribution in [0.5, 0.6) is 0 Å². The minimum atomic E-state index is -4.39. The van der Waals surface area contributed by atoms with E-state index in [-0.39, 0.29) is 22.8 Å². The number of piperidine rings is 1. The maximum Gasteiger partial charge on any atom is 0.416 e. The molecular formula is C25H27F3N8O. The molecule has 4 N–H and O–H groups in total. The van der Waals surface area contributed by atoms with E-state index < -0.39 is 17.8 Å². The summed E-state index contributed by atoms with van der Waals surface area (Å²) in [5.41, 5.74) is 13.4. The van der Waals surface area contributed by atoms with Gasteiger partial charge in [-0.15, -0.1) is 0 Å². The number of benzene rings is 1. The molecule has 37 heavy (non-hydrogen) atoms. The monoisotopic (exact) mass is 512 g/mol. The van der Waals surface area contributed by atoms with Gasteiger partial charge in [0, 0.05) is 38.3 Å². The minimum Gasteiger partial charge on any atom is -0.382 e. The van der Waals surface area contributed by atoms with Crippen molar-refractivity contribution in [2.24, 2.45) is 11.1 Å². The van der Waals surface area contributed by atoms with Crippen molar-refractivity contribution < 1.29 is 18.0 Å². The van der Waals surface area contributed by atoms with Gasteiger partial charge in [-0.05, 0) is 54.4 Å². The van der Waals surface area contributed by atoms with Crippen LogP contribution < -0.4 is 21.3 Å². The SMILES string of the molecule is Nc1nc(N2CCC3(CC2)Cc2ccc(C(F)(F)F)cc2C3N)cnc1C(=O)N1CCCn2nccc21. The second-order valence-electron chi connectivity index (χ2n) is 10.1. The van der Waals surface area contributed by atoms with E-state index in [1.54, 1.807) is 34.1 Å².